The van der Waals surface area contributed by atoms with Crippen LogP contribution in [0.2, 0.25) is 0 Å². The zero-order chi connectivity index (χ0) is 13.0. The molecule has 0 aliphatic carbocycles. The van der Waals surface area contributed by atoms with Crippen LogP contribution in [0.15, 0.2) is 36.5 Å². The van der Waals surface area contributed by atoms with Crippen molar-refractivity contribution >= 4 is 0 Å². The first-order valence-electron chi connectivity index (χ1n) is 5.72. The molecule has 1 heterocycles. The second-order valence-corrected chi connectivity index (χ2v) is 4.01. The summed E-state index contributed by atoms with van der Waals surface area (Å²) in [5.41, 5.74) is 7.78. The molecule has 2 rings (SSSR count). The number of rotatable bonds is 4. The van der Waals surface area contributed by atoms with E-state index in [1.165, 1.54) is 6.07 Å². The number of aromatic nitrogens is 1. The van der Waals surface area contributed by atoms with Crippen LogP contribution in [0.1, 0.15) is 16.8 Å². The van der Waals surface area contributed by atoms with E-state index < -0.39 is 0 Å². The largest absolute Gasteiger partial charge is 0.487 e. The van der Waals surface area contributed by atoms with Crippen LogP contribution in [0.3, 0.4) is 0 Å². The molecule has 1 aromatic heterocycles. The van der Waals surface area contributed by atoms with E-state index in [0.717, 1.165) is 11.3 Å². The van der Waals surface area contributed by atoms with Crippen molar-refractivity contribution in [3.8, 4) is 5.75 Å². The molecule has 0 unspecified atom stereocenters. The lowest BCUT2D eigenvalue weighted by Crippen LogP contribution is -2.03. The van der Waals surface area contributed by atoms with Gasteiger partial charge in [0, 0.05) is 24.4 Å². The van der Waals surface area contributed by atoms with Gasteiger partial charge in [0.1, 0.15) is 18.2 Å². The normalized spacial score (nSPS) is 10.4. The highest BCUT2D eigenvalue weighted by Crippen LogP contribution is 2.17. The topological polar surface area (TPSA) is 48.1 Å². The van der Waals surface area contributed by atoms with Crippen molar-refractivity contribution in [1.82, 2.24) is 4.98 Å². The summed E-state index contributed by atoms with van der Waals surface area (Å²) < 4.78 is 19.0. The zero-order valence-corrected chi connectivity index (χ0v) is 10.2. The van der Waals surface area contributed by atoms with Crippen LogP contribution in [0.25, 0.3) is 0 Å². The van der Waals surface area contributed by atoms with Gasteiger partial charge in [-0.05, 0) is 24.6 Å². The van der Waals surface area contributed by atoms with Crippen LogP contribution in [-0.2, 0) is 13.2 Å². The Kier molecular flexibility index (Phi) is 3.89. The fraction of sp³-hybridized carbons (Fsp3) is 0.214. The number of benzene rings is 1. The maximum atomic E-state index is 13.5. The minimum absolute atomic E-state index is 0.186. The standard InChI is InChI=1S/C14H15FN2O/c1-10-3-2-6-17-14(10)9-18-12-5-4-11(8-16)13(15)7-12/h2-7H,8-9,16H2,1H3. The van der Waals surface area contributed by atoms with Gasteiger partial charge in [-0.25, -0.2) is 4.39 Å². The Hall–Kier alpha value is -1.94. The van der Waals surface area contributed by atoms with Gasteiger partial charge in [-0.2, -0.15) is 0 Å². The van der Waals surface area contributed by atoms with Gasteiger partial charge in [-0.3, -0.25) is 4.98 Å². The molecule has 0 aliphatic heterocycles. The molecule has 3 nitrogen and oxygen atoms in total. The van der Waals surface area contributed by atoms with Crippen molar-refractivity contribution < 1.29 is 9.13 Å². The van der Waals surface area contributed by atoms with Crippen LogP contribution in [0.5, 0.6) is 5.75 Å². The Bertz CT molecular complexity index is 543. The van der Waals surface area contributed by atoms with Gasteiger partial charge in [-0.15, -0.1) is 0 Å². The predicted molar refractivity (Wildman–Crippen MR) is 67.6 cm³/mol. The molecule has 0 saturated carbocycles. The lowest BCUT2D eigenvalue weighted by Gasteiger charge is -2.08. The van der Waals surface area contributed by atoms with Crippen LogP contribution in [0.4, 0.5) is 4.39 Å². The zero-order valence-electron chi connectivity index (χ0n) is 10.2. The van der Waals surface area contributed by atoms with E-state index in [2.05, 4.69) is 4.98 Å². The van der Waals surface area contributed by atoms with E-state index in [1.807, 2.05) is 19.1 Å². The van der Waals surface area contributed by atoms with E-state index in [4.69, 9.17) is 10.5 Å². The number of pyridine rings is 1. The summed E-state index contributed by atoms with van der Waals surface area (Å²) in [7, 11) is 0. The third-order valence-electron chi connectivity index (χ3n) is 2.74. The Labute approximate surface area is 105 Å². The average Bonchev–Trinajstić information content (AvgIpc) is 2.38. The Balaban J connectivity index is 2.07. The molecular weight excluding hydrogens is 231 g/mol. The third-order valence-corrected chi connectivity index (χ3v) is 2.74. The molecule has 0 spiro atoms. The number of aryl methyl sites for hydroxylation is 1. The first-order chi connectivity index (χ1) is 8.70. The fourth-order valence-electron chi connectivity index (χ4n) is 1.60. The van der Waals surface area contributed by atoms with Gasteiger partial charge in [0.25, 0.3) is 0 Å². The molecular formula is C14H15FN2O. The quantitative estimate of drug-likeness (QED) is 0.902. The van der Waals surface area contributed by atoms with Gasteiger partial charge in [0.05, 0.1) is 5.69 Å². The number of ether oxygens (including phenoxy) is 1. The number of halogens is 1. The Morgan fingerprint density at radius 1 is 1.33 bits per heavy atom. The summed E-state index contributed by atoms with van der Waals surface area (Å²) in [6.45, 7) is 2.48. The van der Waals surface area contributed by atoms with Crippen molar-refractivity contribution in [2.45, 2.75) is 20.1 Å². The predicted octanol–water partition coefficient (Wildman–Crippen LogP) is 2.57. The highest BCUT2D eigenvalue weighted by Gasteiger charge is 2.04. The van der Waals surface area contributed by atoms with Gasteiger partial charge < -0.3 is 10.5 Å². The number of hydrogen-bond acceptors (Lipinski definition) is 3. The highest BCUT2D eigenvalue weighted by atomic mass is 19.1. The van der Waals surface area contributed by atoms with Gasteiger partial charge in [0.15, 0.2) is 0 Å². The average molecular weight is 246 g/mol. The third kappa shape index (κ3) is 2.84. The van der Waals surface area contributed by atoms with Gasteiger partial charge in [-0.1, -0.05) is 12.1 Å². The second kappa shape index (κ2) is 5.60. The van der Waals surface area contributed by atoms with E-state index >= 15 is 0 Å². The van der Waals surface area contributed by atoms with Crippen LogP contribution in [0, 0.1) is 12.7 Å². The van der Waals surface area contributed by atoms with Crippen LogP contribution < -0.4 is 10.5 Å². The molecule has 1 aromatic carbocycles. The SMILES string of the molecule is Cc1cccnc1COc1ccc(CN)c(F)c1. The summed E-state index contributed by atoms with van der Waals surface area (Å²) in [4.78, 5) is 4.21. The molecule has 2 N–H and O–H groups in total. The summed E-state index contributed by atoms with van der Waals surface area (Å²) >= 11 is 0. The maximum Gasteiger partial charge on any atom is 0.131 e. The molecule has 0 atom stereocenters. The monoisotopic (exact) mass is 246 g/mol. The maximum absolute atomic E-state index is 13.5. The van der Waals surface area contributed by atoms with Gasteiger partial charge >= 0.3 is 0 Å². The summed E-state index contributed by atoms with van der Waals surface area (Å²) in [6, 6.07) is 8.53. The lowest BCUT2D eigenvalue weighted by molar-refractivity contribution is 0.298. The van der Waals surface area contributed by atoms with E-state index in [0.29, 0.717) is 17.9 Å². The van der Waals surface area contributed by atoms with Crippen LogP contribution >= 0.6 is 0 Å². The minimum atomic E-state index is -0.340. The summed E-state index contributed by atoms with van der Waals surface area (Å²) in [5, 5.41) is 0. The van der Waals surface area contributed by atoms with Crippen molar-refractivity contribution in [2.75, 3.05) is 0 Å². The molecule has 0 aliphatic rings. The van der Waals surface area contributed by atoms with Crippen molar-refractivity contribution in [3.63, 3.8) is 0 Å². The first kappa shape index (κ1) is 12.5. The Morgan fingerprint density at radius 2 is 2.17 bits per heavy atom. The molecule has 2 aromatic rings. The molecule has 4 heteroatoms. The molecule has 0 radical (unpaired) electrons. The van der Waals surface area contributed by atoms with Crippen molar-refractivity contribution in [3.05, 3.63) is 59.2 Å². The van der Waals surface area contributed by atoms with E-state index in [-0.39, 0.29) is 12.4 Å². The second-order valence-electron chi connectivity index (χ2n) is 4.01. The van der Waals surface area contributed by atoms with Crippen LogP contribution in [-0.4, -0.2) is 4.98 Å². The molecule has 0 amide bonds. The van der Waals surface area contributed by atoms with Crippen molar-refractivity contribution in [2.24, 2.45) is 5.73 Å². The first-order valence-corrected chi connectivity index (χ1v) is 5.72. The number of hydrogen-bond donors (Lipinski definition) is 1. The summed E-state index contributed by atoms with van der Waals surface area (Å²) in [6.07, 6.45) is 1.71. The molecule has 0 saturated heterocycles. The smallest absolute Gasteiger partial charge is 0.131 e. The highest BCUT2D eigenvalue weighted by molar-refractivity contribution is 5.29. The molecule has 0 bridgehead atoms. The minimum Gasteiger partial charge on any atom is -0.487 e. The van der Waals surface area contributed by atoms with Gasteiger partial charge in [0.2, 0.25) is 0 Å². The molecule has 94 valence electrons. The molecule has 0 fully saturated rings. The van der Waals surface area contributed by atoms with E-state index in [9.17, 15) is 4.39 Å². The Morgan fingerprint density at radius 3 is 2.83 bits per heavy atom. The number of nitrogens with two attached hydrogens (primary N) is 1. The van der Waals surface area contributed by atoms with E-state index in [1.54, 1.807) is 18.3 Å². The molecule has 18 heavy (non-hydrogen) atoms. The number of nitrogens with zero attached hydrogens (tertiary/aromatic N) is 1. The lowest BCUT2D eigenvalue weighted by atomic mass is 10.2. The summed E-state index contributed by atoms with van der Waals surface area (Å²) in [5.74, 6) is 0.141. The fourth-order valence-corrected chi connectivity index (χ4v) is 1.60. The van der Waals surface area contributed by atoms with Crippen molar-refractivity contribution in [1.29, 1.82) is 0 Å².